The molecule has 102 valence electrons. The van der Waals surface area contributed by atoms with Gasteiger partial charge in [0.1, 0.15) is 5.01 Å². The lowest BCUT2D eigenvalue weighted by molar-refractivity contribution is 0.242. The summed E-state index contributed by atoms with van der Waals surface area (Å²) in [6, 6.07) is 3.71. The number of nitrogens with zero attached hydrogens (tertiary/aromatic N) is 2. The molecule has 0 spiro atoms. The van der Waals surface area contributed by atoms with E-state index in [1.165, 1.54) is 11.3 Å². The normalized spacial score (nSPS) is 11.3. The summed E-state index contributed by atoms with van der Waals surface area (Å²) < 4.78 is 0. The number of rotatable bonds is 4. The minimum absolute atomic E-state index is 0.266. The number of hydrogen-bond acceptors (Lipinski definition) is 5. The highest BCUT2D eigenvalue weighted by atomic mass is 32.1. The van der Waals surface area contributed by atoms with E-state index >= 15 is 0 Å². The van der Waals surface area contributed by atoms with E-state index in [-0.39, 0.29) is 6.03 Å². The molecule has 2 amide bonds. The van der Waals surface area contributed by atoms with Crippen LogP contribution >= 0.6 is 22.7 Å². The first-order valence-electron chi connectivity index (χ1n) is 5.97. The van der Waals surface area contributed by atoms with Crippen LogP contribution in [0.15, 0.2) is 17.5 Å². The molecule has 5 nitrogen and oxygen atoms in total. The van der Waals surface area contributed by atoms with E-state index in [0.717, 1.165) is 16.3 Å². The third-order valence-corrected chi connectivity index (χ3v) is 4.73. The average molecular weight is 296 g/mol. The van der Waals surface area contributed by atoms with Gasteiger partial charge >= 0.3 is 6.03 Å². The highest BCUT2D eigenvalue weighted by molar-refractivity contribution is 7.15. The van der Waals surface area contributed by atoms with Crippen molar-refractivity contribution in [2.24, 2.45) is 0 Å². The number of thiophene rings is 1. The van der Waals surface area contributed by atoms with Crippen LogP contribution in [0.5, 0.6) is 0 Å². The monoisotopic (exact) mass is 296 g/mol. The van der Waals surface area contributed by atoms with Gasteiger partial charge in [0, 0.05) is 4.88 Å². The van der Waals surface area contributed by atoms with E-state index in [1.54, 1.807) is 11.3 Å². The molecular formula is C12H16N4OS2. The summed E-state index contributed by atoms with van der Waals surface area (Å²) in [5.41, 5.74) is -0.406. The Morgan fingerprint density at radius 3 is 2.79 bits per heavy atom. The quantitative estimate of drug-likeness (QED) is 0.910. The molecule has 0 aromatic carbocycles. The van der Waals surface area contributed by atoms with Gasteiger partial charge in [-0.05, 0) is 31.7 Å². The van der Waals surface area contributed by atoms with E-state index in [2.05, 4.69) is 20.8 Å². The number of amides is 2. The minimum Gasteiger partial charge on any atom is -0.328 e. The van der Waals surface area contributed by atoms with Gasteiger partial charge in [-0.25, -0.2) is 4.79 Å². The van der Waals surface area contributed by atoms with Crippen LogP contribution in [-0.2, 0) is 12.0 Å². The molecule has 19 heavy (non-hydrogen) atoms. The van der Waals surface area contributed by atoms with Gasteiger partial charge in [-0.15, -0.1) is 21.5 Å². The second kappa shape index (κ2) is 5.66. The van der Waals surface area contributed by atoms with Crippen molar-refractivity contribution in [2.75, 3.05) is 5.32 Å². The van der Waals surface area contributed by atoms with E-state index in [0.29, 0.717) is 5.13 Å². The van der Waals surface area contributed by atoms with Gasteiger partial charge in [-0.3, -0.25) is 5.32 Å². The van der Waals surface area contributed by atoms with Crippen LogP contribution in [0.4, 0.5) is 9.93 Å². The Balaban J connectivity index is 1.97. The molecule has 2 aromatic rings. The number of aryl methyl sites for hydroxylation is 1. The summed E-state index contributed by atoms with van der Waals surface area (Å²) in [5, 5.41) is 17.0. The summed E-state index contributed by atoms with van der Waals surface area (Å²) in [6.07, 6.45) is 0.821. The molecule has 2 rings (SSSR count). The number of carbonyl (C=O) groups excluding carboxylic acids is 1. The molecule has 0 unspecified atom stereocenters. The first kappa shape index (κ1) is 14.0. The third kappa shape index (κ3) is 3.51. The predicted octanol–water partition coefficient (Wildman–Crippen LogP) is 3.22. The lowest BCUT2D eigenvalue weighted by atomic mass is 10.0. The molecule has 0 saturated heterocycles. The number of nitrogens with one attached hydrogen (secondary N) is 2. The lowest BCUT2D eigenvalue weighted by Gasteiger charge is -2.24. The van der Waals surface area contributed by atoms with E-state index in [9.17, 15) is 4.79 Å². The van der Waals surface area contributed by atoms with E-state index in [4.69, 9.17) is 0 Å². The van der Waals surface area contributed by atoms with Crippen LogP contribution in [0.2, 0.25) is 0 Å². The number of hydrogen-bond donors (Lipinski definition) is 2. The van der Waals surface area contributed by atoms with Crippen molar-refractivity contribution in [3.05, 3.63) is 27.4 Å². The Morgan fingerprint density at radius 1 is 1.42 bits per heavy atom. The number of carbonyl (C=O) groups is 1. The van der Waals surface area contributed by atoms with Crippen molar-refractivity contribution in [2.45, 2.75) is 32.7 Å². The van der Waals surface area contributed by atoms with Gasteiger partial charge in [0.05, 0.1) is 5.54 Å². The van der Waals surface area contributed by atoms with Gasteiger partial charge < -0.3 is 5.32 Å². The zero-order valence-corrected chi connectivity index (χ0v) is 12.7. The maximum atomic E-state index is 11.9. The van der Waals surface area contributed by atoms with Crippen LogP contribution in [-0.4, -0.2) is 16.2 Å². The standard InChI is InChI=1S/C12H16N4OS2/c1-4-9-15-16-11(19-9)13-10(17)14-12(2,3)8-6-5-7-18-8/h5-7H,4H2,1-3H3,(H2,13,14,16,17). The zero-order chi connectivity index (χ0) is 13.9. The fourth-order valence-electron chi connectivity index (χ4n) is 1.55. The van der Waals surface area contributed by atoms with Crippen LogP contribution < -0.4 is 10.6 Å². The Kier molecular flexibility index (Phi) is 4.16. The Bertz CT molecular complexity index is 548. The van der Waals surface area contributed by atoms with Gasteiger partial charge in [-0.2, -0.15) is 0 Å². The Labute approximate surface area is 120 Å². The number of aromatic nitrogens is 2. The summed E-state index contributed by atoms with van der Waals surface area (Å²) in [7, 11) is 0. The van der Waals surface area contributed by atoms with Crippen LogP contribution in [0.1, 0.15) is 30.7 Å². The summed E-state index contributed by atoms with van der Waals surface area (Å²) >= 11 is 3.01. The molecule has 0 fully saturated rings. The summed E-state index contributed by atoms with van der Waals surface area (Å²) in [4.78, 5) is 13.0. The van der Waals surface area contributed by atoms with Gasteiger partial charge in [-0.1, -0.05) is 24.3 Å². The maximum Gasteiger partial charge on any atom is 0.321 e. The number of urea groups is 1. The second-order valence-corrected chi connectivity index (χ2v) is 6.55. The Morgan fingerprint density at radius 2 is 2.21 bits per heavy atom. The van der Waals surface area contributed by atoms with Crippen molar-refractivity contribution in [3.63, 3.8) is 0 Å². The molecular weight excluding hydrogens is 280 g/mol. The molecule has 0 aliphatic heterocycles. The van der Waals surface area contributed by atoms with Crippen LogP contribution in [0, 0.1) is 0 Å². The molecule has 2 aromatic heterocycles. The van der Waals surface area contributed by atoms with Crippen molar-refractivity contribution in [1.29, 1.82) is 0 Å². The van der Waals surface area contributed by atoms with Crippen molar-refractivity contribution >= 4 is 33.8 Å². The van der Waals surface area contributed by atoms with E-state index in [1.807, 2.05) is 38.3 Å². The molecule has 0 radical (unpaired) electrons. The molecule has 0 saturated carbocycles. The molecule has 2 heterocycles. The molecule has 0 aliphatic carbocycles. The molecule has 2 N–H and O–H groups in total. The fourth-order valence-corrected chi connectivity index (χ4v) is 3.04. The average Bonchev–Trinajstić information content (AvgIpc) is 2.98. The summed E-state index contributed by atoms with van der Waals surface area (Å²) in [6.45, 7) is 5.94. The second-order valence-electron chi connectivity index (χ2n) is 4.54. The van der Waals surface area contributed by atoms with Crippen molar-refractivity contribution < 1.29 is 4.79 Å². The lowest BCUT2D eigenvalue weighted by Crippen LogP contribution is -2.42. The van der Waals surface area contributed by atoms with E-state index < -0.39 is 5.54 Å². The molecule has 7 heteroatoms. The molecule has 0 atom stereocenters. The summed E-state index contributed by atoms with van der Waals surface area (Å²) in [5.74, 6) is 0. The van der Waals surface area contributed by atoms with Crippen molar-refractivity contribution in [3.8, 4) is 0 Å². The van der Waals surface area contributed by atoms with Crippen LogP contribution in [0.25, 0.3) is 0 Å². The maximum absolute atomic E-state index is 11.9. The van der Waals surface area contributed by atoms with Gasteiger partial charge in [0.25, 0.3) is 0 Å². The highest BCUT2D eigenvalue weighted by Gasteiger charge is 2.24. The zero-order valence-electron chi connectivity index (χ0n) is 11.1. The first-order chi connectivity index (χ1) is 9.01. The van der Waals surface area contributed by atoms with Crippen LogP contribution in [0.3, 0.4) is 0 Å². The fraction of sp³-hybridized carbons (Fsp3) is 0.417. The number of anilines is 1. The van der Waals surface area contributed by atoms with Crippen molar-refractivity contribution in [1.82, 2.24) is 15.5 Å². The molecule has 0 aliphatic rings. The third-order valence-electron chi connectivity index (χ3n) is 2.55. The Hall–Kier alpha value is -1.47. The highest BCUT2D eigenvalue weighted by Crippen LogP contribution is 2.25. The van der Waals surface area contributed by atoms with Gasteiger partial charge in [0.15, 0.2) is 0 Å². The topological polar surface area (TPSA) is 66.9 Å². The minimum atomic E-state index is -0.406. The SMILES string of the molecule is CCc1nnc(NC(=O)NC(C)(C)c2cccs2)s1. The predicted molar refractivity (Wildman–Crippen MR) is 78.8 cm³/mol. The first-order valence-corrected chi connectivity index (χ1v) is 7.66. The largest absolute Gasteiger partial charge is 0.328 e. The molecule has 0 bridgehead atoms. The smallest absolute Gasteiger partial charge is 0.321 e. The van der Waals surface area contributed by atoms with Gasteiger partial charge in [0.2, 0.25) is 5.13 Å².